The number of benzene rings is 1. The van der Waals surface area contributed by atoms with Gasteiger partial charge in [0.25, 0.3) is 0 Å². The number of anilines is 2. The summed E-state index contributed by atoms with van der Waals surface area (Å²) in [5.74, 6) is 0. The van der Waals surface area contributed by atoms with Gasteiger partial charge in [-0.25, -0.2) is 0 Å². The van der Waals surface area contributed by atoms with Crippen LogP contribution in [0.3, 0.4) is 0 Å². The van der Waals surface area contributed by atoms with Crippen molar-refractivity contribution in [3.05, 3.63) is 23.8 Å². The van der Waals surface area contributed by atoms with Gasteiger partial charge in [-0.1, -0.05) is 6.07 Å². The highest BCUT2D eigenvalue weighted by molar-refractivity contribution is 5.57. The van der Waals surface area contributed by atoms with Crippen molar-refractivity contribution in [2.24, 2.45) is 0 Å². The van der Waals surface area contributed by atoms with E-state index in [1.165, 1.54) is 0 Å². The summed E-state index contributed by atoms with van der Waals surface area (Å²) >= 11 is 0. The van der Waals surface area contributed by atoms with Crippen LogP contribution < -0.4 is 11.2 Å². The maximum atomic E-state index is 8.72. The number of aliphatic hydroxyl groups is 1. The lowest BCUT2D eigenvalue weighted by atomic mass is 10.2. The molecule has 1 aromatic rings. The van der Waals surface area contributed by atoms with Crippen molar-refractivity contribution in [2.45, 2.75) is 6.61 Å². The standard InChI is InChI=1S/C7H10N2O2/c8-7-3-6(9-11)2-1-5(7)4-10/h1-3,9-11H,4,8H2. The van der Waals surface area contributed by atoms with Gasteiger partial charge in [-0.05, 0) is 12.1 Å². The van der Waals surface area contributed by atoms with Gasteiger partial charge in [0, 0.05) is 11.3 Å². The zero-order valence-corrected chi connectivity index (χ0v) is 5.91. The minimum atomic E-state index is -0.0858. The Kier molecular flexibility index (Phi) is 2.30. The maximum Gasteiger partial charge on any atom is 0.0701 e. The minimum absolute atomic E-state index is 0.0858. The largest absolute Gasteiger partial charge is 0.398 e. The van der Waals surface area contributed by atoms with E-state index >= 15 is 0 Å². The number of rotatable bonds is 2. The molecule has 0 aromatic heterocycles. The second-order valence-corrected chi connectivity index (χ2v) is 2.18. The predicted octanol–water partition coefficient (Wildman–Crippen LogP) is 0.562. The molecule has 0 fully saturated rings. The van der Waals surface area contributed by atoms with E-state index in [9.17, 15) is 0 Å². The first-order chi connectivity index (χ1) is 5.27. The molecule has 0 amide bonds. The molecule has 11 heavy (non-hydrogen) atoms. The van der Waals surface area contributed by atoms with Crippen LogP contribution >= 0.6 is 0 Å². The molecule has 1 aromatic carbocycles. The second kappa shape index (κ2) is 3.23. The van der Waals surface area contributed by atoms with Crippen LogP contribution in [-0.4, -0.2) is 10.3 Å². The van der Waals surface area contributed by atoms with E-state index in [1.54, 1.807) is 18.2 Å². The Morgan fingerprint density at radius 3 is 2.64 bits per heavy atom. The number of nitrogens with one attached hydrogen (secondary N) is 1. The summed E-state index contributed by atoms with van der Waals surface area (Å²) in [6.07, 6.45) is 0. The fourth-order valence-corrected chi connectivity index (χ4v) is 0.808. The Balaban J connectivity index is 2.99. The monoisotopic (exact) mass is 154 g/mol. The van der Waals surface area contributed by atoms with Crippen molar-refractivity contribution in [3.8, 4) is 0 Å². The third kappa shape index (κ3) is 1.60. The molecule has 0 spiro atoms. The van der Waals surface area contributed by atoms with Gasteiger partial charge in [-0.15, -0.1) is 0 Å². The van der Waals surface area contributed by atoms with Crippen LogP contribution in [0.5, 0.6) is 0 Å². The highest BCUT2D eigenvalue weighted by atomic mass is 16.5. The van der Waals surface area contributed by atoms with Gasteiger partial charge in [0.15, 0.2) is 0 Å². The van der Waals surface area contributed by atoms with Gasteiger partial charge in [-0.2, -0.15) is 0 Å². The Morgan fingerprint density at radius 2 is 2.18 bits per heavy atom. The molecule has 0 heterocycles. The van der Waals surface area contributed by atoms with E-state index in [1.807, 2.05) is 5.48 Å². The molecular weight excluding hydrogens is 144 g/mol. The van der Waals surface area contributed by atoms with Crippen LogP contribution in [0.15, 0.2) is 18.2 Å². The molecule has 5 N–H and O–H groups in total. The molecule has 0 aliphatic heterocycles. The lowest BCUT2D eigenvalue weighted by molar-refractivity contribution is 0.282. The van der Waals surface area contributed by atoms with E-state index in [0.717, 1.165) is 0 Å². The normalized spacial score (nSPS) is 9.64. The molecule has 4 heteroatoms. The molecule has 0 saturated heterocycles. The quantitative estimate of drug-likeness (QED) is 0.371. The zero-order valence-electron chi connectivity index (χ0n) is 5.91. The topological polar surface area (TPSA) is 78.5 Å². The average molecular weight is 154 g/mol. The van der Waals surface area contributed by atoms with Crippen molar-refractivity contribution in [2.75, 3.05) is 11.2 Å². The van der Waals surface area contributed by atoms with Crippen LogP contribution in [0.4, 0.5) is 11.4 Å². The summed E-state index contributed by atoms with van der Waals surface area (Å²) in [7, 11) is 0. The van der Waals surface area contributed by atoms with Crippen LogP contribution in [0, 0.1) is 0 Å². The van der Waals surface area contributed by atoms with Gasteiger partial charge in [0.2, 0.25) is 0 Å². The number of hydrogen-bond acceptors (Lipinski definition) is 4. The molecule has 1 rings (SSSR count). The van der Waals surface area contributed by atoms with Gasteiger partial charge >= 0.3 is 0 Å². The van der Waals surface area contributed by atoms with Crippen LogP contribution in [0.25, 0.3) is 0 Å². The second-order valence-electron chi connectivity index (χ2n) is 2.18. The van der Waals surface area contributed by atoms with E-state index in [-0.39, 0.29) is 6.61 Å². The molecule has 0 bridgehead atoms. The number of hydrogen-bond donors (Lipinski definition) is 4. The zero-order chi connectivity index (χ0) is 8.27. The van der Waals surface area contributed by atoms with E-state index in [4.69, 9.17) is 16.0 Å². The summed E-state index contributed by atoms with van der Waals surface area (Å²) in [6.45, 7) is -0.0858. The molecule has 0 unspecified atom stereocenters. The predicted molar refractivity (Wildman–Crippen MR) is 42.2 cm³/mol. The molecule has 60 valence electrons. The first-order valence-corrected chi connectivity index (χ1v) is 3.17. The summed E-state index contributed by atoms with van der Waals surface area (Å²) in [4.78, 5) is 0. The van der Waals surface area contributed by atoms with Gasteiger partial charge < -0.3 is 10.8 Å². The Labute approximate surface area is 64.2 Å². The molecule has 0 aliphatic carbocycles. The number of nitrogens with two attached hydrogens (primary N) is 1. The van der Waals surface area contributed by atoms with Gasteiger partial charge in [0.1, 0.15) is 0 Å². The third-order valence-corrected chi connectivity index (χ3v) is 1.45. The highest BCUT2D eigenvalue weighted by Crippen LogP contribution is 2.16. The third-order valence-electron chi connectivity index (χ3n) is 1.45. The summed E-state index contributed by atoms with van der Waals surface area (Å²) in [5.41, 5.74) is 9.09. The lowest BCUT2D eigenvalue weighted by Gasteiger charge is -2.03. The summed E-state index contributed by atoms with van der Waals surface area (Å²) in [6, 6.07) is 4.82. The van der Waals surface area contributed by atoms with E-state index in [2.05, 4.69) is 0 Å². The van der Waals surface area contributed by atoms with Crippen molar-refractivity contribution in [1.82, 2.24) is 0 Å². The van der Waals surface area contributed by atoms with E-state index < -0.39 is 0 Å². The number of nitrogen functional groups attached to an aromatic ring is 1. The van der Waals surface area contributed by atoms with E-state index in [0.29, 0.717) is 16.9 Å². The first-order valence-electron chi connectivity index (χ1n) is 3.17. The van der Waals surface area contributed by atoms with Crippen LogP contribution in [-0.2, 0) is 6.61 Å². The molecule has 0 saturated carbocycles. The molecule has 4 nitrogen and oxygen atoms in total. The van der Waals surface area contributed by atoms with Gasteiger partial charge in [-0.3, -0.25) is 10.7 Å². The smallest absolute Gasteiger partial charge is 0.0701 e. The van der Waals surface area contributed by atoms with Crippen LogP contribution in [0.2, 0.25) is 0 Å². The highest BCUT2D eigenvalue weighted by Gasteiger charge is 1.97. The molecule has 0 radical (unpaired) electrons. The van der Waals surface area contributed by atoms with Crippen molar-refractivity contribution in [1.29, 1.82) is 0 Å². The fourth-order valence-electron chi connectivity index (χ4n) is 0.808. The number of aliphatic hydroxyl groups excluding tert-OH is 1. The average Bonchev–Trinajstić information content (AvgIpc) is 2.04. The summed E-state index contributed by atoms with van der Waals surface area (Å²) < 4.78 is 0. The van der Waals surface area contributed by atoms with Crippen molar-refractivity contribution in [3.63, 3.8) is 0 Å². The SMILES string of the molecule is Nc1cc(NO)ccc1CO. The summed E-state index contributed by atoms with van der Waals surface area (Å²) in [5, 5.41) is 17.2. The van der Waals surface area contributed by atoms with Gasteiger partial charge in [0.05, 0.1) is 12.3 Å². The fraction of sp³-hybridized carbons (Fsp3) is 0.143. The Morgan fingerprint density at radius 1 is 1.45 bits per heavy atom. The Bertz CT molecular complexity index is 250. The lowest BCUT2D eigenvalue weighted by Crippen LogP contribution is -1.96. The Hall–Kier alpha value is -1.26. The minimum Gasteiger partial charge on any atom is -0.398 e. The molecule has 0 aliphatic rings. The first kappa shape index (κ1) is 7.84. The maximum absolute atomic E-state index is 8.72. The van der Waals surface area contributed by atoms with Crippen molar-refractivity contribution < 1.29 is 10.3 Å². The van der Waals surface area contributed by atoms with Crippen LogP contribution in [0.1, 0.15) is 5.56 Å². The van der Waals surface area contributed by atoms with Crippen molar-refractivity contribution >= 4 is 11.4 Å². The molecule has 0 atom stereocenters. The molecular formula is C7H10N2O2.